The van der Waals surface area contributed by atoms with Crippen molar-refractivity contribution in [2.45, 2.75) is 13.8 Å². The summed E-state index contributed by atoms with van der Waals surface area (Å²) in [4.78, 5) is 0. The molecule has 0 aliphatic rings. The first-order valence-corrected chi connectivity index (χ1v) is 3.42. The summed E-state index contributed by atoms with van der Waals surface area (Å²) in [5.41, 5.74) is 0. The summed E-state index contributed by atoms with van der Waals surface area (Å²) in [5, 5.41) is 0.632. The Morgan fingerprint density at radius 3 is 2.78 bits per heavy atom. The van der Waals surface area contributed by atoms with Crippen molar-refractivity contribution in [2.75, 3.05) is 6.61 Å². The Balaban J connectivity index is 3.58. The molecule has 0 aromatic carbocycles. The van der Waals surface area contributed by atoms with Crippen LogP contribution in [0.25, 0.3) is 0 Å². The van der Waals surface area contributed by atoms with Crippen LogP contribution in [-0.4, -0.2) is 11.7 Å². The number of hydrogen-bond acceptors (Lipinski definition) is 2. The second kappa shape index (κ2) is 4.50. The van der Waals surface area contributed by atoms with Crippen molar-refractivity contribution in [3.8, 4) is 0 Å². The fourth-order valence-corrected chi connectivity index (χ4v) is 0.584. The molecule has 0 radical (unpaired) electrons. The molecule has 0 spiro atoms. The second-order valence-corrected chi connectivity index (χ2v) is 2.18. The number of thiocarbonyl (C=S) groups is 1. The Kier molecular flexibility index (Phi) is 4.32. The second-order valence-electron chi connectivity index (χ2n) is 1.78. The molecule has 0 saturated carbocycles. The Morgan fingerprint density at radius 1 is 1.89 bits per heavy atom. The molecule has 1 atom stereocenters. The lowest BCUT2D eigenvalue weighted by Crippen LogP contribution is -2.09. The van der Waals surface area contributed by atoms with E-state index in [-0.39, 0.29) is 5.92 Å². The van der Waals surface area contributed by atoms with Crippen molar-refractivity contribution in [1.82, 2.24) is 0 Å². The van der Waals surface area contributed by atoms with Crippen LogP contribution in [0, 0.1) is 5.92 Å². The summed E-state index contributed by atoms with van der Waals surface area (Å²) in [7, 11) is 0. The molecular formula is C7H12OS. The molecule has 0 aromatic rings. The molecule has 1 nitrogen and oxygen atoms in total. The van der Waals surface area contributed by atoms with Crippen LogP contribution >= 0.6 is 12.2 Å². The first kappa shape index (κ1) is 8.63. The maximum atomic E-state index is 5.05. The van der Waals surface area contributed by atoms with Gasteiger partial charge < -0.3 is 4.74 Å². The molecule has 9 heavy (non-hydrogen) atoms. The summed E-state index contributed by atoms with van der Waals surface area (Å²) in [5.74, 6) is 0.194. The first-order valence-electron chi connectivity index (χ1n) is 3.01. The zero-order valence-corrected chi connectivity index (χ0v) is 6.70. The van der Waals surface area contributed by atoms with Crippen molar-refractivity contribution < 1.29 is 4.74 Å². The average Bonchev–Trinajstić information content (AvgIpc) is 1.87. The molecule has 0 aromatic heterocycles. The van der Waals surface area contributed by atoms with Gasteiger partial charge in [0.25, 0.3) is 0 Å². The minimum absolute atomic E-state index is 0.194. The highest BCUT2D eigenvalue weighted by Gasteiger charge is 2.02. The molecular weight excluding hydrogens is 132 g/mol. The van der Waals surface area contributed by atoms with E-state index in [1.807, 2.05) is 13.8 Å². The molecule has 0 rings (SSSR count). The monoisotopic (exact) mass is 144 g/mol. The lowest BCUT2D eigenvalue weighted by Gasteiger charge is -2.07. The van der Waals surface area contributed by atoms with Crippen LogP contribution in [0.1, 0.15) is 13.8 Å². The number of hydrogen-bond donors (Lipinski definition) is 0. The van der Waals surface area contributed by atoms with Crippen molar-refractivity contribution in [2.24, 2.45) is 5.92 Å². The molecule has 0 fully saturated rings. The number of ether oxygens (including phenoxy) is 1. The first-order chi connectivity index (χ1) is 4.22. The van der Waals surface area contributed by atoms with E-state index in [1.54, 1.807) is 6.08 Å². The summed E-state index contributed by atoms with van der Waals surface area (Å²) < 4.78 is 5.05. The van der Waals surface area contributed by atoms with Crippen LogP contribution in [-0.2, 0) is 4.74 Å². The SMILES string of the molecule is C=CC(C)C(=S)OCC. The van der Waals surface area contributed by atoms with Crippen LogP contribution in [0.15, 0.2) is 12.7 Å². The molecule has 52 valence electrons. The minimum atomic E-state index is 0.194. The topological polar surface area (TPSA) is 9.23 Å². The van der Waals surface area contributed by atoms with E-state index in [2.05, 4.69) is 6.58 Å². The van der Waals surface area contributed by atoms with Crippen LogP contribution < -0.4 is 0 Å². The Labute approximate surface area is 61.7 Å². The highest BCUT2D eigenvalue weighted by Crippen LogP contribution is 2.00. The van der Waals surface area contributed by atoms with Gasteiger partial charge in [0.2, 0.25) is 0 Å². The van der Waals surface area contributed by atoms with E-state index < -0.39 is 0 Å². The van der Waals surface area contributed by atoms with E-state index in [1.165, 1.54) is 0 Å². The standard InChI is InChI=1S/C7H12OS/c1-4-6(3)7(9)8-5-2/h4,6H,1,5H2,2-3H3. The van der Waals surface area contributed by atoms with Gasteiger partial charge in [0.05, 0.1) is 6.61 Å². The van der Waals surface area contributed by atoms with Gasteiger partial charge in [-0.05, 0) is 19.1 Å². The highest BCUT2D eigenvalue weighted by molar-refractivity contribution is 7.80. The van der Waals surface area contributed by atoms with E-state index >= 15 is 0 Å². The van der Waals surface area contributed by atoms with Gasteiger partial charge in [-0.2, -0.15) is 0 Å². The van der Waals surface area contributed by atoms with Crippen molar-refractivity contribution in [3.05, 3.63) is 12.7 Å². The fraction of sp³-hybridized carbons (Fsp3) is 0.571. The smallest absolute Gasteiger partial charge is 0.166 e. The Hall–Kier alpha value is -0.370. The molecule has 0 heterocycles. The molecule has 0 aliphatic heterocycles. The third kappa shape index (κ3) is 3.25. The van der Waals surface area contributed by atoms with Gasteiger partial charge in [0.15, 0.2) is 5.05 Å². The Morgan fingerprint density at radius 2 is 2.44 bits per heavy atom. The van der Waals surface area contributed by atoms with Crippen LogP contribution in [0.3, 0.4) is 0 Å². The van der Waals surface area contributed by atoms with E-state index in [0.29, 0.717) is 11.7 Å². The predicted octanol–water partition coefficient (Wildman–Crippen LogP) is 2.17. The van der Waals surface area contributed by atoms with Gasteiger partial charge >= 0.3 is 0 Å². The molecule has 2 heteroatoms. The lowest BCUT2D eigenvalue weighted by molar-refractivity contribution is 0.320. The van der Waals surface area contributed by atoms with Crippen LogP contribution in [0.4, 0.5) is 0 Å². The zero-order chi connectivity index (χ0) is 7.28. The summed E-state index contributed by atoms with van der Waals surface area (Å²) in [6.07, 6.45) is 1.78. The molecule has 0 N–H and O–H groups in total. The lowest BCUT2D eigenvalue weighted by atomic mass is 10.2. The minimum Gasteiger partial charge on any atom is -0.487 e. The van der Waals surface area contributed by atoms with Gasteiger partial charge in [0.1, 0.15) is 0 Å². The van der Waals surface area contributed by atoms with Crippen molar-refractivity contribution >= 4 is 17.3 Å². The quantitative estimate of drug-likeness (QED) is 0.443. The molecule has 0 amide bonds. The highest BCUT2D eigenvalue weighted by atomic mass is 32.1. The molecule has 0 saturated heterocycles. The third-order valence-corrected chi connectivity index (χ3v) is 1.50. The van der Waals surface area contributed by atoms with E-state index in [4.69, 9.17) is 17.0 Å². The Bertz CT molecular complexity index is 109. The molecule has 0 aliphatic carbocycles. The van der Waals surface area contributed by atoms with Gasteiger partial charge in [-0.15, -0.1) is 6.58 Å². The van der Waals surface area contributed by atoms with E-state index in [9.17, 15) is 0 Å². The van der Waals surface area contributed by atoms with E-state index in [0.717, 1.165) is 0 Å². The third-order valence-electron chi connectivity index (χ3n) is 1.01. The van der Waals surface area contributed by atoms with Gasteiger partial charge in [-0.25, -0.2) is 0 Å². The fourth-order valence-electron chi connectivity index (χ4n) is 0.370. The van der Waals surface area contributed by atoms with Gasteiger partial charge in [0, 0.05) is 5.92 Å². The predicted molar refractivity (Wildman–Crippen MR) is 43.6 cm³/mol. The van der Waals surface area contributed by atoms with Crippen molar-refractivity contribution in [3.63, 3.8) is 0 Å². The maximum absolute atomic E-state index is 5.05. The van der Waals surface area contributed by atoms with Gasteiger partial charge in [-0.1, -0.05) is 13.0 Å². The summed E-state index contributed by atoms with van der Waals surface area (Å²) >= 11 is 4.88. The number of rotatable bonds is 3. The summed E-state index contributed by atoms with van der Waals surface area (Å²) in [6.45, 7) is 8.13. The van der Waals surface area contributed by atoms with Crippen LogP contribution in [0.2, 0.25) is 0 Å². The molecule has 1 unspecified atom stereocenters. The van der Waals surface area contributed by atoms with Crippen molar-refractivity contribution in [1.29, 1.82) is 0 Å². The zero-order valence-electron chi connectivity index (χ0n) is 5.89. The van der Waals surface area contributed by atoms with Gasteiger partial charge in [-0.3, -0.25) is 0 Å². The van der Waals surface area contributed by atoms with Crippen LogP contribution in [0.5, 0.6) is 0 Å². The average molecular weight is 144 g/mol. The summed E-state index contributed by atoms with van der Waals surface area (Å²) in [6, 6.07) is 0. The maximum Gasteiger partial charge on any atom is 0.166 e. The normalized spacial score (nSPS) is 12.2. The largest absolute Gasteiger partial charge is 0.487 e. The molecule has 0 bridgehead atoms.